The van der Waals surface area contributed by atoms with Crippen molar-refractivity contribution in [2.75, 3.05) is 26.4 Å². The normalized spacial score (nSPS) is 11.5. The van der Waals surface area contributed by atoms with Gasteiger partial charge in [-0.25, -0.2) is 8.42 Å². The summed E-state index contributed by atoms with van der Waals surface area (Å²) in [4.78, 5) is 14.5. The van der Waals surface area contributed by atoms with Crippen LogP contribution in [0.1, 0.15) is 22.3 Å². The lowest BCUT2D eigenvalue weighted by atomic mass is 10.2. The second-order valence-electron chi connectivity index (χ2n) is 6.13. The first-order valence-electron chi connectivity index (χ1n) is 8.17. The van der Waals surface area contributed by atoms with Crippen LogP contribution < -0.4 is 5.32 Å². The Morgan fingerprint density at radius 3 is 2.48 bits per heavy atom. The van der Waals surface area contributed by atoms with Crippen molar-refractivity contribution >= 4 is 15.7 Å². The van der Waals surface area contributed by atoms with E-state index in [1.165, 1.54) is 17.7 Å². The monoisotopic (exact) mass is 360 g/mol. The molecule has 0 bridgehead atoms. The zero-order chi connectivity index (χ0) is 18.3. The summed E-state index contributed by atoms with van der Waals surface area (Å²) in [5, 5.41) is 2.84. The summed E-state index contributed by atoms with van der Waals surface area (Å²) in [6, 6.07) is 16.3. The van der Waals surface area contributed by atoms with E-state index in [-0.39, 0.29) is 10.8 Å². The first kappa shape index (κ1) is 19.1. The zero-order valence-electron chi connectivity index (χ0n) is 14.6. The molecule has 0 aliphatic heterocycles. The summed E-state index contributed by atoms with van der Waals surface area (Å²) in [5.41, 5.74) is 1.62. The molecule has 0 aliphatic carbocycles. The number of nitrogens with zero attached hydrogens (tertiary/aromatic N) is 1. The summed E-state index contributed by atoms with van der Waals surface area (Å²) < 4.78 is 23.1. The molecule has 0 aliphatic rings. The third kappa shape index (κ3) is 6.32. The largest absolute Gasteiger partial charge is 0.352 e. The van der Waals surface area contributed by atoms with Crippen molar-refractivity contribution in [2.24, 2.45) is 0 Å². The van der Waals surface area contributed by atoms with E-state index < -0.39 is 9.84 Å². The third-order valence-electron chi connectivity index (χ3n) is 3.82. The van der Waals surface area contributed by atoms with Crippen LogP contribution in [0.15, 0.2) is 59.5 Å². The Morgan fingerprint density at radius 1 is 1.08 bits per heavy atom. The first-order valence-corrected chi connectivity index (χ1v) is 10.1. The minimum atomic E-state index is -3.31. The van der Waals surface area contributed by atoms with Crippen LogP contribution in [0.3, 0.4) is 0 Å². The van der Waals surface area contributed by atoms with Gasteiger partial charge in [0.25, 0.3) is 5.91 Å². The molecule has 0 spiro atoms. The highest BCUT2D eigenvalue weighted by Gasteiger charge is 2.11. The van der Waals surface area contributed by atoms with Gasteiger partial charge in [0, 0.05) is 24.9 Å². The van der Waals surface area contributed by atoms with E-state index in [1.807, 2.05) is 25.2 Å². The van der Waals surface area contributed by atoms with Crippen molar-refractivity contribution in [3.63, 3.8) is 0 Å². The van der Waals surface area contributed by atoms with Crippen LogP contribution in [0.4, 0.5) is 0 Å². The van der Waals surface area contributed by atoms with Crippen molar-refractivity contribution in [2.45, 2.75) is 17.9 Å². The molecule has 25 heavy (non-hydrogen) atoms. The molecule has 1 amide bonds. The average molecular weight is 360 g/mol. The van der Waals surface area contributed by atoms with E-state index in [0.717, 1.165) is 25.8 Å². The van der Waals surface area contributed by atoms with Crippen LogP contribution in [-0.4, -0.2) is 45.6 Å². The smallest absolute Gasteiger partial charge is 0.251 e. The van der Waals surface area contributed by atoms with Crippen molar-refractivity contribution in [3.05, 3.63) is 65.7 Å². The third-order valence-corrected chi connectivity index (χ3v) is 4.93. The molecule has 0 atom stereocenters. The molecular weight excluding hydrogens is 336 g/mol. The van der Waals surface area contributed by atoms with Gasteiger partial charge in [0.15, 0.2) is 9.84 Å². The molecule has 0 saturated heterocycles. The minimum Gasteiger partial charge on any atom is -0.352 e. The quantitative estimate of drug-likeness (QED) is 0.734. The molecule has 0 radical (unpaired) electrons. The van der Waals surface area contributed by atoms with Gasteiger partial charge >= 0.3 is 0 Å². The summed E-state index contributed by atoms with van der Waals surface area (Å²) in [5.74, 6) is -0.254. The highest BCUT2D eigenvalue weighted by Crippen LogP contribution is 2.11. The second-order valence-corrected chi connectivity index (χ2v) is 8.15. The fraction of sp³-hybridized carbons (Fsp3) is 0.316. The zero-order valence-corrected chi connectivity index (χ0v) is 15.4. The van der Waals surface area contributed by atoms with Gasteiger partial charge in [-0.15, -0.1) is 0 Å². The molecular formula is C19H24N2O3S. The standard InChI is InChI=1S/C19H24N2O3S/c1-21(15-16-8-4-3-5-9-16)13-7-12-20-19(22)17-10-6-11-18(14-17)25(2,23)24/h3-6,8-11,14H,7,12-13,15H2,1-2H3,(H,20,22). The van der Waals surface area contributed by atoms with E-state index in [4.69, 9.17) is 0 Å². The number of rotatable bonds is 8. The molecule has 6 heteroatoms. The first-order chi connectivity index (χ1) is 11.9. The Bertz CT molecular complexity index is 804. The molecule has 5 nitrogen and oxygen atoms in total. The lowest BCUT2D eigenvalue weighted by Crippen LogP contribution is -2.28. The highest BCUT2D eigenvalue weighted by atomic mass is 32.2. The molecule has 1 N–H and O–H groups in total. The van der Waals surface area contributed by atoms with Crippen LogP contribution in [0.25, 0.3) is 0 Å². The Balaban J connectivity index is 1.77. The fourth-order valence-corrected chi connectivity index (χ4v) is 3.16. The van der Waals surface area contributed by atoms with E-state index in [1.54, 1.807) is 12.1 Å². The molecule has 0 fully saturated rings. The van der Waals surface area contributed by atoms with Gasteiger partial charge in [-0.05, 0) is 43.8 Å². The van der Waals surface area contributed by atoms with Gasteiger partial charge in [0.05, 0.1) is 4.90 Å². The summed E-state index contributed by atoms with van der Waals surface area (Å²) in [6.45, 7) is 2.27. The molecule has 0 heterocycles. The average Bonchev–Trinajstić information content (AvgIpc) is 2.59. The Labute approximate surface area is 149 Å². The number of amides is 1. The van der Waals surface area contributed by atoms with Crippen molar-refractivity contribution in [1.82, 2.24) is 10.2 Å². The molecule has 2 aromatic rings. The number of hydrogen-bond acceptors (Lipinski definition) is 4. The van der Waals surface area contributed by atoms with Crippen LogP contribution >= 0.6 is 0 Å². The maximum atomic E-state index is 12.1. The molecule has 0 saturated carbocycles. The molecule has 0 aromatic heterocycles. The SMILES string of the molecule is CN(CCCNC(=O)c1cccc(S(C)(=O)=O)c1)Cc1ccccc1. The van der Waals surface area contributed by atoms with Crippen LogP contribution in [0, 0.1) is 0 Å². The molecule has 0 unspecified atom stereocenters. The second kappa shape index (κ2) is 8.78. The Morgan fingerprint density at radius 2 is 1.80 bits per heavy atom. The van der Waals surface area contributed by atoms with Gasteiger partial charge in [-0.2, -0.15) is 0 Å². The summed E-state index contributed by atoms with van der Waals surface area (Å²) in [7, 11) is -1.27. The maximum Gasteiger partial charge on any atom is 0.251 e. The van der Waals surface area contributed by atoms with E-state index in [0.29, 0.717) is 12.1 Å². The number of benzene rings is 2. The molecule has 2 rings (SSSR count). The highest BCUT2D eigenvalue weighted by molar-refractivity contribution is 7.90. The number of hydrogen-bond donors (Lipinski definition) is 1. The summed E-state index contributed by atoms with van der Waals surface area (Å²) >= 11 is 0. The fourth-order valence-electron chi connectivity index (χ4n) is 2.50. The van der Waals surface area contributed by atoms with E-state index in [9.17, 15) is 13.2 Å². The van der Waals surface area contributed by atoms with Gasteiger partial charge in [-0.3, -0.25) is 4.79 Å². The van der Waals surface area contributed by atoms with Gasteiger partial charge in [-0.1, -0.05) is 36.4 Å². The maximum absolute atomic E-state index is 12.1. The van der Waals surface area contributed by atoms with Crippen LogP contribution in [-0.2, 0) is 16.4 Å². The minimum absolute atomic E-state index is 0.155. The predicted octanol–water partition coefficient (Wildman–Crippen LogP) is 2.34. The topological polar surface area (TPSA) is 66.5 Å². The van der Waals surface area contributed by atoms with Crippen LogP contribution in [0.2, 0.25) is 0 Å². The van der Waals surface area contributed by atoms with E-state index >= 15 is 0 Å². The molecule has 2 aromatic carbocycles. The van der Waals surface area contributed by atoms with E-state index in [2.05, 4.69) is 22.3 Å². The Hall–Kier alpha value is -2.18. The lowest BCUT2D eigenvalue weighted by molar-refractivity contribution is 0.0951. The van der Waals surface area contributed by atoms with Crippen molar-refractivity contribution in [3.8, 4) is 0 Å². The number of nitrogens with one attached hydrogen (secondary N) is 1. The lowest BCUT2D eigenvalue weighted by Gasteiger charge is -2.16. The number of carbonyl (C=O) groups excluding carboxylic acids is 1. The Kier molecular flexibility index (Phi) is 6.73. The van der Waals surface area contributed by atoms with Crippen LogP contribution in [0.5, 0.6) is 0 Å². The van der Waals surface area contributed by atoms with Gasteiger partial charge in [0.2, 0.25) is 0 Å². The summed E-state index contributed by atoms with van der Waals surface area (Å²) in [6.07, 6.45) is 1.95. The number of sulfone groups is 1. The number of carbonyl (C=O) groups is 1. The van der Waals surface area contributed by atoms with Crippen molar-refractivity contribution < 1.29 is 13.2 Å². The van der Waals surface area contributed by atoms with Gasteiger partial charge in [0.1, 0.15) is 0 Å². The predicted molar refractivity (Wildman–Crippen MR) is 99.3 cm³/mol. The van der Waals surface area contributed by atoms with Gasteiger partial charge < -0.3 is 10.2 Å². The molecule has 134 valence electrons. The van der Waals surface area contributed by atoms with Crippen molar-refractivity contribution in [1.29, 1.82) is 0 Å².